The maximum atomic E-state index is 12.1. The third-order valence-electron chi connectivity index (χ3n) is 3.12. The number of aromatic nitrogens is 2. The van der Waals surface area contributed by atoms with Crippen molar-refractivity contribution in [3.8, 4) is 0 Å². The van der Waals surface area contributed by atoms with Crippen LogP contribution in [-0.4, -0.2) is 15.9 Å². The molecule has 2 aromatic carbocycles. The van der Waals surface area contributed by atoms with Crippen molar-refractivity contribution in [1.82, 2.24) is 9.97 Å². The van der Waals surface area contributed by atoms with E-state index in [0.29, 0.717) is 32.9 Å². The molecule has 24 heavy (non-hydrogen) atoms. The van der Waals surface area contributed by atoms with Gasteiger partial charge in [-0.3, -0.25) is 4.79 Å². The Labute approximate surface area is 148 Å². The number of amides is 1. The fourth-order valence-electron chi connectivity index (χ4n) is 1.95. The number of nitrogens with zero attached hydrogens (tertiary/aromatic N) is 2. The topological polar surface area (TPSA) is 66.9 Å². The molecule has 0 fully saturated rings. The molecule has 0 saturated heterocycles. The summed E-state index contributed by atoms with van der Waals surface area (Å²) in [5.74, 6) is 0.0489. The van der Waals surface area contributed by atoms with E-state index in [1.54, 1.807) is 30.3 Å². The van der Waals surface area contributed by atoms with Crippen LogP contribution in [0.5, 0.6) is 0 Å². The molecule has 0 radical (unpaired) electrons. The van der Waals surface area contributed by atoms with Crippen LogP contribution in [0.3, 0.4) is 0 Å². The van der Waals surface area contributed by atoms with Gasteiger partial charge in [-0.25, -0.2) is 9.97 Å². The lowest BCUT2D eigenvalue weighted by atomic mass is 10.3. The monoisotopic (exact) mass is 358 g/mol. The van der Waals surface area contributed by atoms with Crippen molar-refractivity contribution in [2.45, 2.75) is 0 Å². The van der Waals surface area contributed by atoms with Gasteiger partial charge in [0.2, 0.25) is 5.95 Å². The molecule has 120 valence electrons. The lowest BCUT2D eigenvalue weighted by molar-refractivity contribution is 0.102. The van der Waals surface area contributed by atoms with Gasteiger partial charge in [-0.2, -0.15) is 0 Å². The lowest BCUT2D eigenvalue weighted by Gasteiger charge is -2.08. The highest BCUT2D eigenvalue weighted by molar-refractivity contribution is 6.36. The number of rotatable bonds is 4. The number of carbonyl (C=O) groups excluding carboxylic acids is 1. The summed E-state index contributed by atoms with van der Waals surface area (Å²) in [5.41, 5.74) is 1.69. The number of anilines is 3. The Morgan fingerprint density at radius 1 is 0.958 bits per heavy atom. The van der Waals surface area contributed by atoms with E-state index in [9.17, 15) is 4.79 Å². The van der Waals surface area contributed by atoms with Crippen LogP contribution in [-0.2, 0) is 0 Å². The largest absolute Gasteiger partial charge is 0.323 e. The molecule has 1 amide bonds. The summed E-state index contributed by atoms with van der Waals surface area (Å²) < 4.78 is 0. The first kappa shape index (κ1) is 16.2. The van der Waals surface area contributed by atoms with Gasteiger partial charge >= 0.3 is 0 Å². The van der Waals surface area contributed by atoms with Gasteiger partial charge in [0, 0.05) is 23.1 Å². The van der Waals surface area contributed by atoms with Crippen molar-refractivity contribution < 1.29 is 4.79 Å². The Morgan fingerprint density at radius 2 is 1.67 bits per heavy atom. The maximum Gasteiger partial charge on any atom is 0.258 e. The molecular formula is C17H12Cl2N4O. The molecule has 1 aromatic heterocycles. The van der Waals surface area contributed by atoms with E-state index in [4.69, 9.17) is 23.2 Å². The SMILES string of the molecule is O=C(Nc1ccccc1)c1cnc(Nc2ccc(Cl)cc2Cl)nc1. The van der Waals surface area contributed by atoms with Gasteiger partial charge in [-0.15, -0.1) is 0 Å². The first-order valence-corrected chi connectivity index (χ1v) is 7.78. The van der Waals surface area contributed by atoms with Crippen LogP contribution in [0, 0.1) is 0 Å². The smallest absolute Gasteiger partial charge is 0.258 e. The third kappa shape index (κ3) is 4.01. The molecule has 0 atom stereocenters. The molecule has 3 rings (SSSR count). The first-order valence-electron chi connectivity index (χ1n) is 7.02. The molecule has 0 aliphatic carbocycles. The summed E-state index contributed by atoms with van der Waals surface area (Å²) in [7, 11) is 0. The van der Waals surface area contributed by atoms with Crippen LogP contribution in [0.15, 0.2) is 60.9 Å². The summed E-state index contributed by atoms with van der Waals surface area (Å²) >= 11 is 11.9. The summed E-state index contributed by atoms with van der Waals surface area (Å²) in [6.07, 6.45) is 2.88. The number of hydrogen-bond donors (Lipinski definition) is 2. The zero-order chi connectivity index (χ0) is 16.9. The van der Waals surface area contributed by atoms with E-state index in [2.05, 4.69) is 20.6 Å². The molecule has 0 bridgehead atoms. The van der Waals surface area contributed by atoms with Crippen LogP contribution in [0.1, 0.15) is 10.4 Å². The zero-order valence-electron chi connectivity index (χ0n) is 12.3. The molecule has 3 aromatic rings. The van der Waals surface area contributed by atoms with Crippen LogP contribution in [0.4, 0.5) is 17.3 Å². The molecule has 2 N–H and O–H groups in total. The van der Waals surface area contributed by atoms with Gasteiger partial charge in [0.1, 0.15) is 0 Å². The van der Waals surface area contributed by atoms with Gasteiger partial charge < -0.3 is 10.6 Å². The van der Waals surface area contributed by atoms with Gasteiger partial charge in [0.05, 0.1) is 16.3 Å². The van der Waals surface area contributed by atoms with Crippen molar-refractivity contribution >= 4 is 46.4 Å². The van der Waals surface area contributed by atoms with E-state index in [1.807, 2.05) is 18.2 Å². The van der Waals surface area contributed by atoms with Crippen molar-refractivity contribution in [3.05, 3.63) is 76.5 Å². The fraction of sp³-hybridized carbons (Fsp3) is 0. The minimum Gasteiger partial charge on any atom is -0.323 e. The van der Waals surface area contributed by atoms with Crippen LogP contribution >= 0.6 is 23.2 Å². The average molecular weight is 359 g/mol. The van der Waals surface area contributed by atoms with Gasteiger partial charge in [-0.05, 0) is 30.3 Å². The highest BCUT2D eigenvalue weighted by Crippen LogP contribution is 2.27. The van der Waals surface area contributed by atoms with E-state index < -0.39 is 0 Å². The first-order chi connectivity index (χ1) is 11.6. The molecule has 0 saturated carbocycles. The number of para-hydroxylation sites is 1. The fourth-order valence-corrected chi connectivity index (χ4v) is 2.40. The molecule has 0 unspecified atom stereocenters. The van der Waals surface area contributed by atoms with Gasteiger partial charge in [0.25, 0.3) is 5.91 Å². The number of nitrogens with one attached hydrogen (secondary N) is 2. The minimum atomic E-state index is -0.280. The van der Waals surface area contributed by atoms with Crippen LogP contribution in [0.25, 0.3) is 0 Å². The van der Waals surface area contributed by atoms with Crippen molar-refractivity contribution in [2.75, 3.05) is 10.6 Å². The van der Waals surface area contributed by atoms with E-state index in [1.165, 1.54) is 12.4 Å². The van der Waals surface area contributed by atoms with E-state index >= 15 is 0 Å². The number of halogens is 2. The molecular weight excluding hydrogens is 347 g/mol. The Hall–Kier alpha value is -2.63. The third-order valence-corrected chi connectivity index (χ3v) is 3.67. The Bertz CT molecular complexity index is 854. The van der Waals surface area contributed by atoms with Crippen molar-refractivity contribution in [1.29, 1.82) is 0 Å². The second-order valence-corrected chi connectivity index (χ2v) is 5.71. The second kappa shape index (κ2) is 7.29. The molecule has 0 spiro atoms. The standard InChI is InChI=1S/C17H12Cl2N4O/c18-12-6-7-15(14(19)8-12)23-17-20-9-11(10-21-17)16(24)22-13-4-2-1-3-5-13/h1-10H,(H,22,24)(H,20,21,23). The molecule has 1 heterocycles. The number of hydrogen-bond acceptors (Lipinski definition) is 4. The molecule has 0 aliphatic rings. The number of carbonyl (C=O) groups is 1. The Balaban J connectivity index is 1.70. The van der Waals surface area contributed by atoms with Gasteiger partial charge in [-0.1, -0.05) is 41.4 Å². The Morgan fingerprint density at radius 3 is 2.33 bits per heavy atom. The predicted molar refractivity (Wildman–Crippen MR) is 96.2 cm³/mol. The summed E-state index contributed by atoms with van der Waals surface area (Å²) in [4.78, 5) is 20.4. The highest BCUT2D eigenvalue weighted by Gasteiger charge is 2.08. The van der Waals surface area contributed by atoms with Crippen LogP contribution < -0.4 is 10.6 Å². The lowest BCUT2D eigenvalue weighted by Crippen LogP contribution is -2.13. The normalized spacial score (nSPS) is 10.2. The van der Waals surface area contributed by atoms with E-state index in [0.717, 1.165) is 0 Å². The quantitative estimate of drug-likeness (QED) is 0.704. The molecule has 7 heteroatoms. The second-order valence-electron chi connectivity index (χ2n) is 4.86. The zero-order valence-corrected chi connectivity index (χ0v) is 13.8. The molecule has 5 nitrogen and oxygen atoms in total. The molecule has 0 aliphatic heterocycles. The maximum absolute atomic E-state index is 12.1. The summed E-state index contributed by atoms with van der Waals surface area (Å²) in [5, 5.41) is 6.73. The minimum absolute atomic E-state index is 0.280. The highest BCUT2D eigenvalue weighted by atomic mass is 35.5. The predicted octanol–water partition coefficient (Wildman–Crippen LogP) is 4.78. The summed E-state index contributed by atoms with van der Waals surface area (Å²) in [6, 6.07) is 14.2. The number of benzene rings is 2. The Kier molecular flexibility index (Phi) is 4.93. The summed E-state index contributed by atoms with van der Waals surface area (Å²) in [6.45, 7) is 0. The van der Waals surface area contributed by atoms with Crippen LogP contribution in [0.2, 0.25) is 10.0 Å². The average Bonchev–Trinajstić information content (AvgIpc) is 2.59. The van der Waals surface area contributed by atoms with E-state index in [-0.39, 0.29) is 5.91 Å². The van der Waals surface area contributed by atoms with Crippen molar-refractivity contribution in [3.63, 3.8) is 0 Å². The van der Waals surface area contributed by atoms with Crippen molar-refractivity contribution in [2.24, 2.45) is 0 Å². The van der Waals surface area contributed by atoms with Gasteiger partial charge in [0.15, 0.2) is 0 Å².